The van der Waals surface area contributed by atoms with Crippen LogP contribution in [0.1, 0.15) is 42.6 Å². The third-order valence-electron chi connectivity index (χ3n) is 4.01. The number of hydrogen-bond donors (Lipinski definition) is 3. The predicted octanol–water partition coefficient (Wildman–Crippen LogP) is 0.0975. The molecule has 1 aromatic heterocycles. The Bertz CT molecular complexity index is 630. The van der Waals surface area contributed by atoms with Crippen LogP contribution in [0.5, 0.6) is 0 Å². The summed E-state index contributed by atoms with van der Waals surface area (Å²) in [6, 6.07) is 1.25. The molecule has 0 spiro atoms. The number of aromatic nitrogens is 1. The molecule has 0 aliphatic heterocycles. The molecule has 21 heavy (non-hydrogen) atoms. The monoisotopic (exact) mass is 315 g/mol. The molecule has 0 unspecified atom stereocenters. The average Bonchev–Trinajstić information content (AvgIpc) is 2.82. The van der Waals surface area contributed by atoms with Gasteiger partial charge in [-0.2, -0.15) is 0 Å². The molecule has 1 aliphatic rings. The van der Waals surface area contributed by atoms with Crippen molar-refractivity contribution in [2.75, 3.05) is 6.61 Å². The van der Waals surface area contributed by atoms with Gasteiger partial charge in [0.05, 0.1) is 12.1 Å². The van der Waals surface area contributed by atoms with Gasteiger partial charge in [0.1, 0.15) is 10.6 Å². The second-order valence-electron chi connectivity index (χ2n) is 5.64. The molecule has 0 saturated heterocycles. The molecule has 2 rings (SSSR count). The van der Waals surface area contributed by atoms with Crippen molar-refractivity contribution < 1.29 is 18.3 Å². The maximum absolute atomic E-state index is 12.5. The third-order valence-corrected chi connectivity index (χ3v) is 5.55. The number of nitrogens with zero attached hydrogens (tertiary/aromatic N) is 1. The molecule has 1 fully saturated rings. The van der Waals surface area contributed by atoms with E-state index in [9.17, 15) is 18.3 Å². The predicted molar refractivity (Wildman–Crippen MR) is 77.2 cm³/mol. The van der Waals surface area contributed by atoms with Crippen molar-refractivity contribution in [1.82, 2.24) is 9.29 Å². The molecule has 0 aromatic carbocycles. The van der Waals surface area contributed by atoms with E-state index in [4.69, 9.17) is 5.73 Å². The van der Waals surface area contributed by atoms with Crippen LogP contribution < -0.4 is 10.5 Å². The van der Waals surface area contributed by atoms with E-state index in [1.807, 2.05) is 0 Å². The molecule has 1 aliphatic carbocycles. The number of carbonyl (C=O) groups is 1. The van der Waals surface area contributed by atoms with Crippen LogP contribution in [-0.2, 0) is 17.1 Å². The van der Waals surface area contributed by atoms with Gasteiger partial charge >= 0.3 is 0 Å². The summed E-state index contributed by atoms with van der Waals surface area (Å²) in [7, 11) is -2.25. The SMILES string of the molecule is Cn1cc(S(=O)(=O)NC2(CO)CCCCC2)cc1C(N)=O. The summed E-state index contributed by atoms with van der Waals surface area (Å²) in [5, 5.41) is 9.59. The first-order valence-corrected chi connectivity index (χ1v) is 8.39. The lowest BCUT2D eigenvalue weighted by Gasteiger charge is -2.35. The number of nitrogens with two attached hydrogens (primary N) is 1. The number of aliphatic hydroxyl groups excluding tert-OH is 1. The van der Waals surface area contributed by atoms with Gasteiger partial charge in [-0.05, 0) is 18.9 Å². The number of primary amides is 1. The number of aryl methyl sites for hydroxylation is 1. The zero-order valence-corrected chi connectivity index (χ0v) is 12.8. The summed E-state index contributed by atoms with van der Waals surface area (Å²) in [5.74, 6) is -0.687. The fourth-order valence-electron chi connectivity index (χ4n) is 2.79. The van der Waals surface area contributed by atoms with Crippen LogP contribution in [0.25, 0.3) is 0 Å². The van der Waals surface area contributed by atoms with Crippen molar-refractivity contribution in [3.05, 3.63) is 18.0 Å². The fourth-order valence-corrected chi connectivity index (χ4v) is 4.31. The second-order valence-corrected chi connectivity index (χ2v) is 7.32. The molecule has 1 amide bonds. The van der Waals surface area contributed by atoms with E-state index in [2.05, 4.69) is 4.72 Å². The van der Waals surface area contributed by atoms with Gasteiger partial charge in [-0.15, -0.1) is 0 Å². The third kappa shape index (κ3) is 3.28. The van der Waals surface area contributed by atoms with E-state index in [-0.39, 0.29) is 17.2 Å². The zero-order valence-electron chi connectivity index (χ0n) is 12.0. The number of sulfonamides is 1. The minimum absolute atomic E-state index is 0.0165. The Labute approximate surface area is 124 Å². The van der Waals surface area contributed by atoms with Crippen LogP contribution in [0.4, 0.5) is 0 Å². The van der Waals surface area contributed by atoms with Crippen LogP contribution in [0.15, 0.2) is 17.2 Å². The highest BCUT2D eigenvalue weighted by Gasteiger charge is 2.36. The van der Waals surface area contributed by atoms with Crippen LogP contribution in [0.2, 0.25) is 0 Å². The summed E-state index contributed by atoms with van der Waals surface area (Å²) in [6.45, 7) is -0.234. The molecule has 1 saturated carbocycles. The summed E-state index contributed by atoms with van der Waals surface area (Å²) >= 11 is 0. The molecule has 7 nitrogen and oxygen atoms in total. The quantitative estimate of drug-likeness (QED) is 0.714. The van der Waals surface area contributed by atoms with Crippen molar-refractivity contribution in [3.63, 3.8) is 0 Å². The number of carbonyl (C=O) groups excluding carboxylic acids is 1. The first-order chi connectivity index (χ1) is 9.80. The van der Waals surface area contributed by atoms with Gasteiger partial charge in [0, 0.05) is 13.2 Å². The highest BCUT2D eigenvalue weighted by atomic mass is 32.2. The molecule has 0 atom stereocenters. The largest absolute Gasteiger partial charge is 0.394 e. The zero-order chi connectivity index (χ0) is 15.7. The maximum Gasteiger partial charge on any atom is 0.265 e. The van der Waals surface area contributed by atoms with E-state index >= 15 is 0 Å². The standard InChI is InChI=1S/C13H21N3O4S/c1-16-8-10(7-11(16)12(14)18)21(19,20)15-13(9-17)5-3-2-4-6-13/h7-8,15,17H,2-6,9H2,1H3,(H2,14,18). The maximum atomic E-state index is 12.5. The van der Waals surface area contributed by atoms with Crippen LogP contribution in [-0.4, -0.2) is 36.1 Å². The molecule has 1 heterocycles. The molecule has 118 valence electrons. The molecule has 8 heteroatoms. The lowest BCUT2D eigenvalue weighted by molar-refractivity contribution is 0.0992. The van der Waals surface area contributed by atoms with Crippen molar-refractivity contribution in [3.8, 4) is 0 Å². The number of nitrogens with one attached hydrogen (secondary N) is 1. The Morgan fingerprint density at radius 2 is 2.05 bits per heavy atom. The second kappa shape index (κ2) is 5.78. The van der Waals surface area contributed by atoms with E-state index in [0.29, 0.717) is 12.8 Å². The van der Waals surface area contributed by atoms with Crippen LogP contribution in [0, 0.1) is 0 Å². The van der Waals surface area contributed by atoms with Gasteiger partial charge in [0.2, 0.25) is 10.0 Å². The van der Waals surface area contributed by atoms with Crippen LogP contribution in [0.3, 0.4) is 0 Å². The lowest BCUT2D eigenvalue weighted by atomic mass is 9.83. The molecular formula is C13H21N3O4S. The normalized spacial score (nSPS) is 18.6. The first-order valence-electron chi connectivity index (χ1n) is 6.91. The van der Waals surface area contributed by atoms with E-state index in [0.717, 1.165) is 19.3 Å². The van der Waals surface area contributed by atoms with Gasteiger partial charge in [0.15, 0.2) is 0 Å². The number of rotatable bonds is 5. The Hall–Kier alpha value is -1.38. The van der Waals surface area contributed by atoms with Crippen molar-refractivity contribution in [2.24, 2.45) is 12.8 Å². The van der Waals surface area contributed by atoms with Gasteiger partial charge in [-0.1, -0.05) is 19.3 Å². The molecular weight excluding hydrogens is 294 g/mol. The Morgan fingerprint density at radius 1 is 1.43 bits per heavy atom. The average molecular weight is 315 g/mol. The Balaban J connectivity index is 2.29. The van der Waals surface area contributed by atoms with Gasteiger partial charge in [-0.25, -0.2) is 13.1 Å². The minimum atomic E-state index is -3.80. The number of aliphatic hydroxyl groups is 1. The van der Waals surface area contributed by atoms with Crippen LogP contribution >= 0.6 is 0 Å². The van der Waals surface area contributed by atoms with E-state index in [1.165, 1.54) is 16.8 Å². The Morgan fingerprint density at radius 3 is 2.52 bits per heavy atom. The molecule has 1 aromatic rings. The van der Waals surface area contributed by atoms with Crippen molar-refractivity contribution in [1.29, 1.82) is 0 Å². The van der Waals surface area contributed by atoms with Gasteiger partial charge < -0.3 is 15.4 Å². The summed E-state index contributed by atoms with van der Waals surface area (Å²) in [6.07, 6.45) is 5.36. The topological polar surface area (TPSA) is 114 Å². The van der Waals surface area contributed by atoms with Crippen molar-refractivity contribution in [2.45, 2.75) is 42.5 Å². The first kappa shape index (κ1) is 16.0. The minimum Gasteiger partial charge on any atom is -0.394 e. The molecule has 0 radical (unpaired) electrons. The molecule has 0 bridgehead atoms. The summed E-state index contributed by atoms with van der Waals surface area (Å²) in [4.78, 5) is 11.2. The van der Waals surface area contributed by atoms with Crippen molar-refractivity contribution >= 4 is 15.9 Å². The Kier molecular flexibility index (Phi) is 4.40. The highest BCUT2D eigenvalue weighted by molar-refractivity contribution is 7.89. The fraction of sp³-hybridized carbons (Fsp3) is 0.615. The van der Waals surface area contributed by atoms with E-state index in [1.54, 1.807) is 7.05 Å². The van der Waals surface area contributed by atoms with Gasteiger partial charge in [0.25, 0.3) is 5.91 Å². The molecule has 4 N–H and O–H groups in total. The summed E-state index contributed by atoms with van der Waals surface area (Å²) < 4.78 is 28.9. The smallest absolute Gasteiger partial charge is 0.265 e. The lowest BCUT2D eigenvalue weighted by Crippen LogP contribution is -2.52. The summed E-state index contributed by atoms with van der Waals surface area (Å²) in [5.41, 5.74) is 4.51. The van der Waals surface area contributed by atoms with E-state index < -0.39 is 21.5 Å². The number of amides is 1. The highest BCUT2D eigenvalue weighted by Crippen LogP contribution is 2.29. The number of hydrogen-bond acceptors (Lipinski definition) is 4. The van der Waals surface area contributed by atoms with Gasteiger partial charge in [-0.3, -0.25) is 4.79 Å².